The van der Waals surface area contributed by atoms with Crippen molar-refractivity contribution in [3.8, 4) is 0 Å². The molecule has 1 aromatic carbocycles. The van der Waals surface area contributed by atoms with Crippen LogP contribution in [0.3, 0.4) is 0 Å². The zero-order chi connectivity index (χ0) is 10.8. The van der Waals surface area contributed by atoms with Crippen molar-refractivity contribution in [3.63, 3.8) is 0 Å². The molecule has 0 saturated carbocycles. The van der Waals surface area contributed by atoms with Crippen LogP contribution in [0.5, 0.6) is 0 Å². The molecular weight excluding hydrogens is 186 g/mol. The van der Waals surface area contributed by atoms with Crippen LogP contribution in [0.1, 0.15) is 31.7 Å². The number of fused-ring (bicyclic) bond motifs is 1. The highest BCUT2D eigenvalue weighted by molar-refractivity contribution is 5.73. The summed E-state index contributed by atoms with van der Waals surface area (Å²) in [5, 5.41) is 3.27. The molecule has 2 nitrogen and oxygen atoms in total. The van der Waals surface area contributed by atoms with Gasteiger partial charge >= 0.3 is 0 Å². The quantitative estimate of drug-likeness (QED) is 0.765. The van der Waals surface area contributed by atoms with Crippen LogP contribution >= 0.6 is 0 Å². The molecule has 1 aliphatic heterocycles. The van der Waals surface area contributed by atoms with Gasteiger partial charge in [0, 0.05) is 11.6 Å². The van der Waals surface area contributed by atoms with Crippen molar-refractivity contribution in [2.75, 3.05) is 5.32 Å². The molecular formula is C13H17NO. The van der Waals surface area contributed by atoms with E-state index in [9.17, 15) is 4.79 Å². The van der Waals surface area contributed by atoms with Crippen molar-refractivity contribution in [1.82, 2.24) is 0 Å². The van der Waals surface area contributed by atoms with Gasteiger partial charge in [-0.05, 0) is 24.0 Å². The van der Waals surface area contributed by atoms with Gasteiger partial charge in [-0.25, -0.2) is 0 Å². The zero-order valence-corrected chi connectivity index (χ0v) is 9.23. The van der Waals surface area contributed by atoms with E-state index < -0.39 is 0 Å². The average molecular weight is 203 g/mol. The lowest BCUT2D eigenvalue weighted by Gasteiger charge is -2.17. The fourth-order valence-electron chi connectivity index (χ4n) is 2.34. The Balaban J connectivity index is 2.29. The second-order valence-corrected chi connectivity index (χ2v) is 4.63. The van der Waals surface area contributed by atoms with Crippen LogP contribution in [0.15, 0.2) is 24.3 Å². The SMILES string of the molecule is CC(C)CC1c2ccccc2NC1C=O. The van der Waals surface area contributed by atoms with Gasteiger partial charge in [-0.2, -0.15) is 0 Å². The Morgan fingerprint density at radius 2 is 2.13 bits per heavy atom. The van der Waals surface area contributed by atoms with Crippen LogP contribution < -0.4 is 5.32 Å². The van der Waals surface area contributed by atoms with E-state index in [0.717, 1.165) is 18.4 Å². The van der Waals surface area contributed by atoms with Crippen molar-refractivity contribution in [1.29, 1.82) is 0 Å². The molecule has 0 radical (unpaired) electrons. The molecule has 1 heterocycles. The monoisotopic (exact) mass is 203 g/mol. The standard InChI is InChI=1S/C13H17NO/c1-9(2)7-11-10-5-3-4-6-12(10)14-13(11)8-15/h3-6,8-9,11,13-14H,7H2,1-2H3. The van der Waals surface area contributed by atoms with Crippen molar-refractivity contribution in [2.45, 2.75) is 32.2 Å². The van der Waals surface area contributed by atoms with Crippen LogP contribution in [0.4, 0.5) is 5.69 Å². The lowest BCUT2D eigenvalue weighted by atomic mass is 9.88. The number of anilines is 1. The highest BCUT2D eigenvalue weighted by Crippen LogP contribution is 2.38. The molecule has 0 bridgehead atoms. The molecule has 0 amide bonds. The first-order valence-corrected chi connectivity index (χ1v) is 5.53. The summed E-state index contributed by atoms with van der Waals surface area (Å²) in [5.41, 5.74) is 2.42. The first-order valence-electron chi connectivity index (χ1n) is 5.53. The van der Waals surface area contributed by atoms with Crippen LogP contribution in [-0.2, 0) is 4.79 Å². The van der Waals surface area contributed by atoms with E-state index in [0.29, 0.717) is 11.8 Å². The molecule has 15 heavy (non-hydrogen) atoms. The van der Waals surface area contributed by atoms with Crippen molar-refractivity contribution in [3.05, 3.63) is 29.8 Å². The second-order valence-electron chi connectivity index (χ2n) is 4.63. The molecule has 0 saturated heterocycles. The molecule has 0 aromatic heterocycles. The maximum absolute atomic E-state index is 11.0. The van der Waals surface area contributed by atoms with Gasteiger partial charge in [-0.3, -0.25) is 0 Å². The third-order valence-electron chi connectivity index (χ3n) is 2.99. The average Bonchev–Trinajstić information content (AvgIpc) is 2.56. The van der Waals surface area contributed by atoms with Gasteiger partial charge in [-0.15, -0.1) is 0 Å². The smallest absolute Gasteiger partial charge is 0.142 e. The molecule has 0 fully saturated rings. The van der Waals surface area contributed by atoms with Crippen LogP contribution in [-0.4, -0.2) is 12.3 Å². The predicted molar refractivity (Wildman–Crippen MR) is 62.1 cm³/mol. The summed E-state index contributed by atoms with van der Waals surface area (Å²) in [5.74, 6) is 0.962. The van der Waals surface area contributed by atoms with Crippen molar-refractivity contribution >= 4 is 12.0 Å². The van der Waals surface area contributed by atoms with Crippen LogP contribution in [0, 0.1) is 5.92 Å². The first kappa shape index (κ1) is 10.2. The number of hydrogen-bond acceptors (Lipinski definition) is 2. The Bertz CT molecular complexity index is 359. The topological polar surface area (TPSA) is 29.1 Å². The van der Waals surface area contributed by atoms with E-state index in [-0.39, 0.29) is 6.04 Å². The van der Waals surface area contributed by atoms with Crippen molar-refractivity contribution in [2.24, 2.45) is 5.92 Å². The number of para-hydroxylation sites is 1. The fourth-order valence-corrected chi connectivity index (χ4v) is 2.34. The molecule has 2 rings (SSSR count). The number of nitrogens with one attached hydrogen (secondary N) is 1. The van der Waals surface area contributed by atoms with E-state index in [1.165, 1.54) is 5.56 Å². The van der Waals surface area contributed by atoms with Gasteiger partial charge in [0.05, 0.1) is 6.04 Å². The Morgan fingerprint density at radius 1 is 1.40 bits per heavy atom. The number of hydrogen-bond donors (Lipinski definition) is 1. The minimum Gasteiger partial charge on any atom is -0.375 e. The van der Waals surface area contributed by atoms with E-state index in [1.54, 1.807) is 0 Å². The van der Waals surface area contributed by atoms with E-state index in [2.05, 4.69) is 25.2 Å². The summed E-state index contributed by atoms with van der Waals surface area (Å²) in [6, 6.07) is 8.18. The van der Waals surface area contributed by atoms with E-state index in [1.807, 2.05) is 18.2 Å². The normalized spacial score (nSPS) is 23.7. The maximum Gasteiger partial charge on any atom is 0.142 e. The maximum atomic E-state index is 11.0. The van der Waals surface area contributed by atoms with Crippen molar-refractivity contribution < 1.29 is 4.79 Å². The van der Waals surface area contributed by atoms with Crippen LogP contribution in [0.2, 0.25) is 0 Å². The number of carbonyl (C=O) groups excluding carboxylic acids is 1. The Labute approximate surface area is 90.7 Å². The van der Waals surface area contributed by atoms with E-state index in [4.69, 9.17) is 0 Å². The van der Waals surface area contributed by atoms with Gasteiger partial charge < -0.3 is 10.1 Å². The Morgan fingerprint density at radius 3 is 2.80 bits per heavy atom. The minimum atomic E-state index is -0.0372. The second kappa shape index (κ2) is 4.05. The number of carbonyl (C=O) groups is 1. The van der Waals surface area contributed by atoms with E-state index >= 15 is 0 Å². The summed E-state index contributed by atoms with van der Waals surface area (Å²) >= 11 is 0. The molecule has 2 unspecified atom stereocenters. The lowest BCUT2D eigenvalue weighted by Crippen LogP contribution is -2.23. The fraction of sp³-hybridized carbons (Fsp3) is 0.462. The van der Waals surface area contributed by atoms with Crippen LogP contribution in [0.25, 0.3) is 0 Å². The number of benzene rings is 1. The van der Waals surface area contributed by atoms with Gasteiger partial charge in [0.25, 0.3) is 0 Å². The molecule has 1 aromatic rings. The molecule has 2 heteroatoms. The molecule has 1 N–H and O–H groups in total. The predicted octanol–water partition coefficient (Wildman–Crippen LogP) is 2.81. The number of aldehydes is 1. The first-order chi connectivity index (χ1) is 7.22. The summed E-state index contributed by atoms with van der Waals surface area (Å²) in [6.07, 6.45) is 2.10. The summed E-state index contributed by atoms with van der Waals surface area (Å²) in [4.78, 5) is 11.0. The van der Waals surface area contributed by atoms with Gasteiger partial charge in [-0.1, -0.05) is 32.0 Å². The Kier molecular flexibility index (Phi) is 2.76. The third kappa shape index (κ3) is 1.89. The highest BCUT2D eigenvalue weighted by atomic mass is 16.1. The lowest BCUT2D eigenvalue weighted by molar-refractivity contribution is -0.108. The van der Waals surface area contributed by atoms with Gasteiger partial charge in [0.1, 0.15) is 6.29 Å². The molecule has 1 aliphatic rings. The highest BCUT2D eigenvalue weighted by Gasteiger charge is 2.31. The molecule has 80 valence electrons. The zero-order valence-electron chi connectivity index (χ0n) is 9.23. The summed E-state index contributed by atoms with van der Waals surface area (Å²) in [7, 11) is 0. The molecule has 0 aliphatic carbocycles. The molecule has 2 atom stereocenters. The summed E-state index contributed by atoms with van der Waals surface area (Å²) < 4.78 is 0. The number of rotatable bonds is 3. The van der Waals surface area contributed by atoms with Gasteiger partial charge in [0.15, 0.2) is 0 Å². The Hall–Kier alpha value is -1.31. The minimum absolute atomic E-state index is 0.0372. The summed E-state index contributed by atoms with van der Waals surface area (Å²) in [6.45, 7) is 4.39. The molecule has 0 spiro atoms. The van der Waals surface area contributed by atoms with Gasteiger partial charge in [0.2, 0.25) is 0 Å². The third-order valence-corrected chi connectivity index (χ3v) is 2.99. The largest absolute Gasteiger partial charge is 0.375 e.